The molecule has 0 saturated heterocycles. The average molecular weight is 687 g/mol. The second-order valence-corrected chi connectivity index (χ2v) is 14.1. The lowest BCUT2D eigenvalue weighted by atomic mass is 9.92. The van der Waals surface area contributed by atoms with E-state index in [4.69, 9.17) is 9.97 Å². The minimum absolute atomic E-state index is 0.699. The van der Waals surface area contributed by atoms with Gasteiger partial charge in [0, 0.05) is 49.8 Å². The van der Waals surface area contributed by atoms with Crippen LogP contribution in [0.3, 0.4) is 0 Å². The first-order valence-electron chi connectivity index (χ1n) is 18.4. The standard InChI is InChI=1S/C50H30N4/c1-3-16-32(17-4-1)40-29-45(52-50(51-40)38-26-13-18-31-15-7-8-21-34(31)38)54-41-27-12-11-24-39(41)47-43(54)30-44-49-46-36(35-22-9-10-23-37(35)48(47)49)25-14-28-42(46)53(44)33-19-5-2-6-20-33/h1-30H. The Bertz CT molecular complexity index is 3420. The molecular weight excluding hydrogens is 657 g/mol. The molecule has 0 bridgehead atoms. The van der Waals surface area contributed by atoms with Crippen LogP contribution in [-0.4, -0.2) is 19.1 Å². The number of benzene rings is 9. The minimum atomic E-state index is 0.699. The van der Waals surface area contributed by atoms with Gasteiger partial charge >= 0.3 is 0 Å². The summed E-state index contributed by atoms with van der Waals surface area (Å²) in [6.07, 6.45) is 0. The molecule has 0 aliphatic heterocycles. The number of hydrogen-bond acceptors (Lipinski definition) is 2. The maximum absolute atomic E-state index is 5.48. The fraction of sp³-hybridized carbons (Fsp3) is 0. The van der Waals surface area contributed by atoms with Gasteiger partial charge in [-0.05, 0) is 57.3 Å². The quantitative estimate of drug-likeness (QED) is 0.173. The van der Waals surface area contributed by atoms with E-state index in [1.54, 1.807) is 0 Å². The predicted molar refractivity (Wildman–Crippen MR) is 225 cm³/mol. The van der Waals surface area contributed by atoms with E-state index in [-0.39, 0.29) is 0 Å². The van der Waals surface area contributed by atoms with Crippen molar-refractivity contribution < 1.29 is 0 Å². The van der Waals surface area contributed by atoms with Crippen molar-refractivity contribution in [2.75, 3.05) is 0 Å². The van der Waals surface area contributed by atoms with Gasteiger partial charge in [0.25, 0.3) is 0 Å². The molecule has 0 N–H and O–H groups in total. The first kappa shape index (κ1) is 29.3. The summed E-state index contributed by atoms with van der Waals surface area (Å²) in [4.78, 5) is 10.8. The summed E-state index contributed by atoms with van der Waals surface area (Å²) >= 11 is 0. The molecule has 0 aliphatic carbocycles. The van der Waals surface area contributed by atoms with E-state index in [1.807, 2.05) is 0 Å². The molecule has 54 heavy (non-hydrogen) atoms. The van der Waals surface area contributed by atoms with Crippen LogP contribution in [0.5, 0.6) is 0 Å². The SMILES string of the molecule is c1ccc(-c2cc(-n3c4ccccc4c4c5c6ccccc6c6cccc7c6c5c(cc43)n7-c3ccccc3)nc(-c3cccc4ccccc34)n2)cc1. The van der Waals surface area contributed by atoms with Crippen LogP contribution in [0.15, 0.2) is 182 Å². The third-order valence-corrected chi connectivity index (χ3v) is 11.3. The number of hydrogen-bond donors (Lipinski definition) is 0. The smallest absolute Gasteiger partial charge is 0.162 e. The van der Waals surface area contributed by atoms with Gasteiger partial charge in [-0.25, -0.2) is 9.97 Å². The Hall–Kier alpha value is -7.30. The van der Waals surface area contributed by atoms with Gasteiger partial charge < -0.3 is 4.57 Å². The van der Waals surface area contributed by atoms with Gasteiger partial charge in [0.2, 0.25) is 0 Å². The number of rotatable bonds is 4. The molecule has 250 valence electrons. The van der Waals surface area contributed by atoms with Crippen molar-refractivity contribution in [3.8, 4) is 34.2 Å². The van der Waals surface area contributed by atoms with Crippen molar-refractivity contribution in [2.24, 2.45) is 0 Å². The molecule has 12 rings (SSSR count). The Morgan fingerprint density at radius 2 is 0.944 bits per heavy atom. The molecule has 12 aromatic rings. The number of para-hydroxylation sites is 2. The summed E-state index contributed by atoms with van der Waals surface area (Å²) in [5.41, 5.74) is 8.68. The van der Waals surface area contributed by atoms with Gasteiger partial charge in [0.15, 0.2) is 5.82 Å². The minimum Gasteiger partial charge on any atom is -0.309 e. The molecule has 0 amide bonds. The van der Waals surface area contributed by atoms with E-state index >= 15 is 0 Å². The van der Waals surface area contributed by atoms with Crippen molar-refractivity contribution in [1.29, 1.82) is 0 Å². The van der Waals surface area contributed by atoms with Gasteiger partial charge in [-0.1, -0.05) is 146 Å². The zero-order valence-electron chi connectivity index (χ0n) is 29.1. The number of nitrogens with zero attached hydrogens (tertiary/aromatic N) is 4. The summed E-state index contributed by atoms with van der Waals surface area (Å²) in [6.45, 7) is 0. The van der Waals surface area contributed by atoms with Crippen LogP contribution in [0, 0.1) is 0 Å². The molecule has 0 atom stereocenters. The van der Waals surface area contributed by atoms with E-state index < -0.39 is 0 Å². The second kappa shape index (κ2) is 11.1. The summed E-state index contributed by atoms with van der Waals surface area (Å²) in [5.74, 6) is 1.53. The normalized spacial score (nSPS) is 12.1. The second-order valence-electron chi connectivity index (χ2n) is 14.1. The van der Waals surface area contributed by atoms with Gasteiger partial charge in [0.05, 0.1) is 27.8 Å². The van der Waals surface area contributed by atoms with Crippen LogP contribution >= 0.6 is 0 Å². The third kappa shape index (κ3) is 4.02. The highest BCUT2D eigenvalue weighted by Gasteiger charge is 2.26. The van der Waals surface area contributed by atoms with Crippen LogP contribution in [-0.2, 0) is 0 Å². The zero-order chi connectivity index (χ0) is 35.3. The molecule has 4 heteroatoms. The number of fused-ring (bicyclic) bond motifs is 8. The molecule has 0 spiro atoms. The van der Waals surface area contributed by atoms with Crippen molar-refractivity contribution in [3.05, 3.63) is 182 Å². The van der Waals surface area contributed by atoms with E-state index in [2.05, 4.69) is 191 Å². The lowest BCUT2D eigenvalue weighted by Gasteiger charge is -2.14. The largest absolute Gasteiger partial charge is 0.309 e. The van der Waals surface area contributed by atoms with E-state index in [1.165, 1.54) is 54.1 Å². The Labute approximate surface area is 310 Å². The fourth-order valence-electron chi connectivity index (χ4n) is 9.04. The summed E-state index contributed by atoms with van der Waals surface area (Å²) in [6, 6.07) is 65.2. The molecule has 0 fully saturated rings. The van der Waals surface area contributed by atoms with Gasteiger partial charge in [-0.15, -0.1) is 0 Å². The average Bonchev–Trinajstić information content (AvgIpc) is 3.76. The summed E-state index contributed by atoms with van der Waals surface area (Å²) in [7, 11) is 0. The van der Waals surface area contributed by atoms with Crippen molar-refractivity contribution in [2.45, 2.75) is 0 Å². The van der Waals surface area contributed by atoms with Crippen molar-refractivity contribution in [3.63, 3.8) is 0 Å². The highest BCUT2D eigenvalue weighted by atomic mass is 15.1. The highest BCUT2D eigenvalue weighted by molar-refractivity contribution is 6.41. The third-order valence-electron chi connectivity index (χ3n) is 11.3. The molecule has 0 radical (unpaired) electrons. The topological polar surface area (TPSA) is 35.6 Å². The highest BCUT2D eigenvalue weighted by Crippen LogP contribution is 2.49. The lowest BCUT2D eigenvalue weighted by Crippen LogP contribution is -2.03. The predicted octanol–water partition coefficient (Wildman–Crippen LogP) is 12.9. The van der Waals surface area contributed by atoms with Gasteiger partial charge in [-0.3, -0.25) is 4.57 Å². The first-order valence-corrected chi connectivity index (χ1v) is 18.4. The number of aromatic nitrogens is 4. The molecular formula is C50H30N4. The maximum atomic E-state index is 5.48. The molecule has 0 unspecified atom stereocenters. The van der Waals surface area contributed by atoms with Crippen LogP contribution in [0.2, 0.25) is 0 Å². The van der Waals surface area contributed by atoms with Crippen LogP contribution < -0.4 is 0 Å². The van der Waals surface area contributed by atoms with Crippen molar-refractivity contribution >= 4 is 75.9 Å². The van der Waals surface area contributed by atoms with Gasteiger partial charge in [0.1, 0.15) is 5.82 Å². The van der Waals surface area contributed by atoms with E-state index in [9.17, 15) is 0 Å². The first-order chi connectivity index (χ1) is 26.8. The van der Waals surface area contributed by atoms with E-state index in [0.29, 0.717) is 5.82 Å². The summed E-state index contributed by atoms with van der Waals surface area (Å²) < 4.78 is 4.82. The molecule has 0 saturated carbocycles. The lowest BCUT2D eigenvalue weighted by molar-refractivity contribution is 1.05. The monoisotopic (exact) mass is 686 g/mol. The molecule has 9 aromatic carbocycles. The maximum Gasteiger partial charge on any atom is 0.162 e. The fourth-order valence-corrected chi connectivity index (χ4v) is 9.04. The Kier molecular flexibility index (Phi) is 6.02. The molecule has 0 aliphatic rings. The van der Waals surface area contributed by atoms with E-state index in [0.717, 1.165) is 50.1 Å². The van der Waals surface area contributed by atoms with Crippen LogP contribution in [0.1, 0.15) is 0 Å². The van der Waals surface area contributed by atoms with Gasteiger partial charge in [-0.2, -0.15) is 0 Å². The Balaban J connectivity index is 1.29. The molecule has 3 aromatic heterocycles. The van der Waals surface area contributed by atoms with Crippen LogP contribution in [0.25, 0.3) is 110 Å². The molecule has 4 nitrogen and oxygen atoms in total. The van der Waals surface area contributed by atoms with Crippen molar-refractivity contribution in [1.82, 2.24) is 19.1 Å². The Morgan fingerprint density at radius 1 is 0.352 bits per heavy atom. The Morgan fingerprint density at radius 3 is 1.80 bits per heavy atom. The molecule has 3 heterocycles. The zero-order valence-corrected chi connectivity index (χ0v) is 29.1. The summed E-state index contributed by atoms with van der Waals surface area (Å²) in [5, 5.41) is 12.4. The van der Waals surface area contributed by atoms with Crippen LogP contribution in [0.4, 0.5) is 0 Å².